The van der Waals surface area contributed by atoms with Crippen molar-refractivity contribution in [3.8, 4) is 0 Å². The Labute approximate surface area is 89.8 Å². The molecule has 3 N–H and O–H groups in total. The molecule has 0 aromatic heterocycles. The molecule has 1 heterocycles. The lowest BCUT2D eigenvalue weighted by molar-refractivity contribution is -0.124. The highest BCUT2D eigenvalue weighted by Gasteiger charge is 2.14. The maximum atomic E-state index is 11.0. The van der Waals surface area contributed by atoms with Crippen molar-refractivity contribution in [1.82, 2.24) is 10.2 Å². The number of piperazine rings is 1. The zero-order chi connectivity index (χ0) is 10.4. The van der Waals surface area contributed by atoms with Crippen LogP contribution < -0.4 is 11.1 Å². The first kappa shape index (κ1) is 11.4. The van der Waals surface area contributed by atoms with Crippen LogP contribution in [0.4, 0.5) is 0 Å². The average Bonchev–Trinajstić information content (AvgIpc) is 2.12. The van der Waals surface area contributed by atoms with Crippen molar-refractivity contribution in [3.63, 3.8) is 0 Å². The second-order valence-corrected chi connectivity index (χ2v) is 4.07. The maximum absolute atomic E-state index is 11.0. The maximum Gasteiger partial charge on any atom is 0.234 e. The van der Waals surface area contributed by atoms with Crippen LogP contribution in [0.2, 0.25) is 0 Å². The molecule has 1 aliphatic rings. The molecular weight excluding hydrogens is 198 g/mol. The Balaban J connectivity index is 2.06. The second-order valence-electron chi connectivity index (χ2n) is 3.55. The Bertz CT molecular complexity index is 220. The van der Waals surface area contributed by atoms with Gasteiger partial charge in [0.1, 0.15) is 0 Å². The van der Waals surface area contributed by atoms with Crippen LogP contribution >= 0.6 is 12.2 Å². The lowest BCUT2D eigenvalue weighted by Gasteiger charge is -2.26. The van der Waals surface area contributed by atoms with E-state index in [2.05, 4.69) is 10.2 Å². The third-order valence-electron chi connectivity index (χ3n) is 2.26. The van der Waals surface area contributed by atoms with Gasteiger partial charge >= 0.3 is 0 Å². The molecule has 0 atom stereocenters. The highest BCUT2D eigenvalue weighted by atomic mass is 32.1. The van der Waals surface area contributed by atoms with Crippen LogP contribution in [0.5, 0.6) is 0 Å². The van der Waals surface area contributed by atoms with E-state index < -0.39 is 0 Å². The quantitative estimate of drug-likeness (QED) is 0.496. The summed E-state index contributed by atoms with van der Waals surface area (Å²) in [6.07, 6.45) is 2.90. The van der Waals surface area contributed by atoms with Gasteiger partial charge < -0.3 is 11.1 Å². The molecule has 0 radical (unpaired) electrons. The van der Waals surface area contributed by atoms with E-state index in [1.54, 1.807) is 0 Å². The van der Waals surface area contributed by atoms with E-state index in [4.69, 9.17) is 18.0 Å². The molecule has 0 bridgehead atoms. The predicted molar refractivity (Wildman–Crippen MR) is 60.1 cm³/mol. The van der Waals surface area contributed by atoms with E-state index in [1.165, 1.54) is 0 Å². The van der Waals surface area contributed by atoms with Crippen LogP contribution in [0.15, 0.2) is 0 Å². The first-order valence-electron chi connectivity index (χ1n) is 4.96. The molecule has 0 aliphatic carbocycles. The summed E-state index contributed by atoms with van der Waals surface area (Å²) >= 11 is 4.78. The van der Waals surface area contributed by atoms with Gasteiger partial charge in [0.15, 0.2) is 0 Å². The van der Waals surface area contributed by atoms with Gasteiger partial charge in [0.05, 0.1) is 11.5 Å². The van der Waals surface area contributed by atoms with E-state index in [0.29, 0.717) is 11.5 Å². The molecule has 5 heteroatoms. The number of nitrogens with two attached hydrogens (primary N) is 1. The summed E-state index contributed by atoms with van der Waals surface area (Å²) in [5.74, 6) is 0.130. The zero-order valence-electron chi connectivity index (χ0n) is 8.29. The number of hydrogen-bond acceptors (Lipinski definition) is 3. The molecule has 0 aromatic carbocycles. The summed E-state index contributed by atoms with van der Waals surface area (Å²) < 4.78 is 0. The fourth-order valence-corrected chi connectivity index (χ4v) is 1.66. The van der Waals surface area contributed by atoms with Crippen molar-refractivity contribution in [2.75, 3.05) is 26.2 Å². The molecule has 14 heavy (non-hydrogen) atoms. The summed E-state index contributed by atoms with van der Waals surface area (Å²) in [5, 5.41) is 2.80. The fourth-order valence-electron chi connectivity index (χ4n) is 1.52. The topological polar surface area (TPSA) is 58.4 Å². The smallest absolute Gasteiger partial charge is 0.234 e. The molecule has 0 spiro atoms. The Hall–Kier alpha value is -0.680. The number of carbonyl (C=O) groups excluding carboxylic acids is 1. The van der Waals surface area contributed by atoms with Crippen molar-refractivity contribution in [2.45, 2.75) is 19.3 Å². The first-order valence-corrected chi connectivity index (χ1v) is 5.36. The molecule has 1 saturated heterocycles. The van der Waals surface area contributed by atoms with Gasteiger partial charge in [-0.2, -0.15) is 0 Å². The minimum absolute atomic E-state index is 0.130. The predicted octanol–water partition coefficient (Wildman–Crippen LogP) is -0.125. The normalized spacial score (nSPS) is 17.9. The number of unbranched alkanes of at least 4 members (excludes halogenated alkanes) is 1. The summed E-state index contributed by atoms with van der Waals surface area (Å²) in [6, 6.07) is 0. The number of amides is 1. The average molecular weight is 215 g/mol. The highest BCUT2D eigenvalue weighted by molar-refractivity contribution is 7.80. The zero-order valence-corrected chi connectivity index (χ0v) is 9.11. The third kappa shape index (κ3) is 4.53. The van der Waals surface area contributed by atoms with E-state index >= 15 is 0 Å². The van der Waals surface area contributed by atoms with E-state index in [1.807, 2.05) is 0 Å². The van der Waals surface area contributed by atoms with Gasteiger partial charge in [0, 0.05) is 13.1 Å². The molecule has 0 saturated carbocycles. The molecule has 1 amide bonds. The monoisotopic (exact) mass is 215 g/mol. The van der Waals surface area contributed by atoms with Crippen molar-refractivity contribution in [3.05, 3.63) is 0 Å². The van der Waals surface area contributed by atoms with Crippen molar-refractivity contribution in [1.29, 1.82) is 0 Å². The van der Waals surface area contributed by atoms with Crippen LogP contribution in [0.25, 0.3) is 0 Å². The van der Waals surface area contributed by atoms with Gasteiger partial charge in [-0.25, -0.2) is 0 Å². The van der Waals surface area contributed by atoms with Gasteiger partial charge in [0.2, 0.25) is 5.91 Å². The highest BCUT2D eigenvalue weighted by Crippen LogP contribution is 2.00. The van der Waals surface area contributed by atoms with Gasteiger partial charge in [-0.3, -0.25) is 9.69 Å². The molecule has 4 nitrogen and oxygen atoms in total. The molecule has 0 aromatic rings. The van der Waals surface area contributed by atoms with Crippen LogP contribution in [0, 0.1) is 0 Å². The van der Waals surface area contributed by atoms with Crippen LogP contribution in [0.1, 0.15) is 19.3 Å². The summed E-state index contributed by atoms with van der Waals surface area (Å²) in [5.41, 5.74) is 5.39. The van der Waals surface area contributed by atoms with Crippen molar-refractivity contribution >= 4 is 23.1 Å². The summed E-state index contributed by atoms with van der Waals surface area (Å²) in [7, 11) is 0. The number of nitrogens with zero attached hydrogens (tertiary/aromatic N) is 1. The van der Waals surface area contributed by atoms with Gasteiger partial charge in [-0.05, 0) is 25.8 Å². The lowest BCUT2D eigenvalue weighted by atomic mass is 10.2. The van der Waals surface area contributed by atoms with E-state index in [-0.39, 0.29) is 5.91 Å². The standard InChI is InChI=1S/C9H17N3OS/c10-8(14)3-1-2-5-12-6-4-11-9(13)7-12/h1-7H2,(H2,10,14)(H,11,13). The molecular formula is C9H17N3OS. The Kier molecular flexibility index (Phi) is 4.82. The minimum Gasteiger partial charge on any atom is -0.393 e. The number of hydrogen-bond donors (Lipinski definition) is 2. The molecule has 1 aliphatic heterocycles. The Morgan fingerprint density at radius 3 is 3.00 bits per heavy atom. The van der Waals surface area contributed by atoms with E-state index in [9.17, 15) is 4.79 Å². The minimum atomic E-state index is 0.130. The first-order chi connectivity index (χ1) is 6.68. The Morgan fingerprint density at radius 2 is 2.36 bits per heavy atom. The van der Waals surface area contributed by atoms with Crippen LogP contribution in [0.3, 0.4) is 0 Å². The molecule has 0 unspecified atom stereocenters. The number of thiocarbonyl (C=S) groups is 1. The van der Waals surface area contributed by atoms with Gasteiger partial charge in [0.25, 0.3) is 0 Å². The Morgan fingerprint density at radius 1 is 1.57 bits per heavy atom. The van der Waals surface area contributed by atoms with Crippen LogP contribution in [-0.2, 0) is 4.79 Å². The largest absolute Gasteiger partial charge is 0.393 e. The number of carbonyl (C=O) groups is 1. The summed E-state index contributed by atoms with van der Waals surface area (Å²) in [6.45, 7) is 3.23. The molecule has 1 fully saturated rings. The number of nitrogens with one attached hydrogen (secondary N) is 1. The van der Waals surface area contributed by atoms with Crippen molar-refractivity contribution < 1.29 is 4.79 Å². The van der Waals surface area contributed by atoms with Gasteiger partial charge in [-0.15, -0.1) is 0 Å². The third-order valence-corrected chi connectivity index (χ3v) is 2.47. The van der Waals surface area contributed by atoms with Crippen molar-refractivity contribution in [2.24, 2.45) is 5.73 Å². The van der Waals surface area contributed by atoms with Crippen LogP contribution in [-0.4, -0.2) is 42.0 Å². The van der Waals surface area contributed by atoms with E-state index in [0.717, 1.165) is 38.9 Å². The fraction of sp³-hybridized carbons (Fsp3) is 0.778. The second kappa shape index (κ2) is 5.93. The lowest BCUT2D eigenvalue weighted by Crippen LogP contribution is -2.47. The van der Waals surface area contributed by atoms with Gasteiger partial charge in [-0.1, -0.05) is 12.2 Å². The molecule has 1 rings (SSSR count). The molecule has 80 valence electrons. The SMILES string of the molecule is NC(=S)CCCCN1CCNC(=O)C1. The number of rotatable bonds is 5. The summed E-state index contributed by atoms with van der Waals surface area (Å²) in [4.78, 5) is 13.8.